The molecule has 1 atom stereocenters. The van der Waals surface area contributed by atoms with Crippen molar-refractivity contribution in [1.29, 1.82) is 0 Å². The lowest BCUT2D eigenvalue weighted by atomic mass is 9.90. The first-order valence-electron chi connectivity index (χ1n) is 10.5. The van der Waals surface area contributed by atoms with Gasteiger partial charge in [0.05, 0.1) is 25.8 Å². The highest BCUT2D eigenvalue weighted by atomic mass is 19.1. The topological polar surface area (TPSA) is 62.9 Å². The van der Waals surface area contributed by atoms with Crippen LogP contribution in [0.15, 0.2) is 47.5 Å². The molecule has 0 aromatic heterocycles. The molecule has 0 amide bonds. The second-order valence-electron chi connectivity index (χ2n) is 7.72. The number of rotatable bonds is 5. The van der Waals surface area contributed by atoms with E-state index in [0.717, 1.165) is 37.2 Å². The highest BCUT2D eigenvalue weighted by Gasteiger charge is 2.22. The van der Waals surface area contributed by atoms with Gasteiger partial charge < -0.3 is 15.8 Å². The number of nitrogens with zero attached hydrogens (tertiary/aromatic N) is 2. The molecule has 0 spiro atoms. The number of anilines is 1. The van der Waals surface area contributed by atoms with Crippen molar-refractivity contribution in [2.45, 2.75) is 31.7 Å². The number of hydrogen-bond donors (Lipinski definition) is 2. The van der Waals surface area contributed by atoms with Gasteiger partial charge in [-0.15, -0.1) is 0 Å². The van der Waals surface area contributed by atoms with Crippen molar-refractivity contribution < 1.29 is 9.13 Å². The van der Waals surface area contributed by atoms with Crippen LogP contribution < -0.4 is 11.1 Å². The lowest BCUT2D eigenvalue weighted by Crippen LogP contribution is -2.40. The maximum atomic E-state index is 13.4. The third-order valence-electron chi connectivity index (χ3n) is 5.83. The summed E-state index contributed by atoms with van der Waals surface area (Å²) in [5.74, 6) is 0.192. The molecule has 1 aliphatic heterocycles. The summed E-state index contributed by atoms with van der Waals surface area (Å²) >= 11 is 0. The smallest absolute Gasteiger partial charge is 0.193 e. The first kappa shape index (κ1) is 19.9. The van der Waals surface area contributed by atoms with Crippen LogP contribution in [-0.2, 0) is 17.6 Å². The Morgan fingerprint density at radius 3 is 2.66 bits per heavy atom. The summed E-state index contributed by atoms with van der Waals surface area (Å²) in [6.45, 7) is 3.57. The van der Waals surface area contributed by atoms with Gasteiger partial charge in [-0.2, -0.15) is 0 Å². The lowest BCUT2D eigenvalue weighted by Gasteiger charge is -2.34. The van der Waals surface area contributed by atoms with Crippen LogP contribution in [0.4, 0.5) is 10.1 Å². The van der Waals surface area contributed by atoms with Gasteiger partial charge in [-0.3, -0.25) is 9.89 Å². The van der Waals surface area contributed by atoms with Crippen molar-refractivity contribution in [3.05, 3.63) is 65.0 Å². The quantitative estimate of drug-likeness (QED) is 0.600. The van der Waals surface area contributed by atoms with E-state index in [1.54, 1.807) is 0 Å². The number of halogens is 1. The maximum absolute atomic E-state index is 13.4. The Morgan fingerprint density at radius 1 is 1.10 bits per heavy atom. The monoisotopic (exact) mass is 396 g/mol. The molecule has 1 aliphatic carbocycles. The molecule has 0 radical (unpaired) electrons. The largest absolute Gasteiger partial charge is 0.379 e. The molecule has 0 saturated carbocycles. The number of nitrogens with two attached hydrogens (primary N) is 1. The first-order chi connectivity index (χ1) is 14.2. The number of fused-ring (bicyclic) bond motifs is 1. The van der Waals surface area contributed by atoms with Crippen molar-refractivity contribution in [1.82, 2.24) is 4.90 Å². The highest BCUT2D eigenvalue weighted by molar-refractivity contribution is 5.93. The summed E-state index contributed by atoms with van der Waals surface area (Å²) in [6.07, 6.45) is 4.68. The molecule has 2 aromatic carbocycles. The Bertz CT molecular complexity index is 846. The molecule has 5 nitrogen and oxygen atoms in total. The van der Waals surface area contributed by atoms with Gasteiger partial charge >= 0.3 is 0 Å². The normalized spacial score (nSPS) is 18.9. The van der Waals surface area contributed by atoms with E-state index in [-0.39, 0.29) is 11.9 Å². The van der Waals surface area contributed by atoms with Gasteiger partial charge in [-0.25, -0.2) is 4.39 Å². The summed E-state index contributed by atoms with van der Waals surface area (Å²) in [4.78, 5) is 6.98. The Morgan fingerprint density at radius 2 is 1.86 bits per heavy atom. The van der Waals surface area contributed by atoms with Gasteiger partial charge in [0.15, 0.2) is 5.96 Å². The van der Waals surface area contributed by atoms with E-state index in [4.69, 9.17) is 10.5 Å². The minimum Gasteiger partial charge on any atom is -0.379 e. The van der Waals surface area contributed by atoms with Gasteiger partial charge in [0.2, 0.25) is 0 Å². The van der Waals surface area contributed by atoms with Crippen LogP contribution in [0.25, 0.3) is 0 Å². The Kier molecular flexibility index (Phi) is 6.42. The van der Waals surface area contributed by atoms with Gasteiger partial charge in [0.1, 0.15) is 5.82 Å². The van der Waals surface area contributed by atoms with Crippen LogP contribution >= 0.6 is 0 Å². The standard InChI is InChI=1S/C23H29FN4O/c24-19-10-8-18(9-11-19)22(28-12-14-29-15-13-28)16-26-23(25)27-21-7-3-5-17-4-1-2-6-20(17)21/h3,5,7-11,22H,1-2,4,6,12-16H2,(H3,25,26,27). The molecule has 6 heteroatoms. The lowest BCUT2D eigenvalue weighted by molar-refractivity contribution is 0.0180. The molecule has 1 fully saturated rings. The average Bonchev–Trinajstić information content (AvgIpc) is 2.76. The molecular weight excluding hydrogens is 367 g/mol. The molecule has 2 aromatic rings. The van der Waals surface area contributed by atoms with Crippen LogP contribution in [0.2, 0.25) is 0 Å². The fourth-order valence-corrected chi connectivity index (χ4v) is 4.27. The van der Waals surface area contributed by atoms with E-state index in [1.807, 2.05) is 12.1 Å². The Hall–Kier alpha value is -2.44. The van der Waals surface area contributed by atoms with Crippen LogP contribution in [-0.4, -0.2) is 43.7 Å². The predicted octanol–water partition coefficient (Wildman–Crippen LogP) is 3.50. The Labute approximate surface area is 171 Å². The van der Waals surface area contributed by atoms with E-state index in [1.165, 1.54) is 36.1 Å². The molecule has 1 heterocycles. The number of aryl methyl sites for hydroxylation is 1. The average molecular weight is 397 g/mol. The number of morpholine rings is 1. The zero-order valence-corrected chi connectivity index (χ0v) is 16.7. The van der Waals surface area contributed by atoms with Crippen molar-refractivity contribution in [3.63, 3.8) is 0 Å². The second-order valence-corrected chi connectivity index (χ2v) is 7.72. The summed E-state index contributed by atoms with van der Waals surface area (Å²) < 4.78 is 18.9. The van der Waals surface area contributed by atoms with E-state index in [2.05, 4.69) is 33.4 Å². The molecule has 154 valence electrons. The van der Waals surface area contributed by atoms with Crippen LogP contribution in [0, 0.1) is 5.82 Å². The second kappa shape index (κ2) is 9.37. The van der Waals surface area contributed by atoms with Gasteiger partial charge in [-0.1, -0.05) is 24.3 Å². The maximum Gasteiger partial charge on any atom is 0.193 e. The fourth-order valence-electron chi connectivity index (χ4n) is 4.27. The summed E-state index contributed by atoms with van der Waals surface area (Å²) in [7, 11) is 0. The third-order valence-corrected chi connectivity index (χ3v) is 5.83. The van der Waals surface area contributed by atoms with Crippen molar-refractivity contribution >= 4 is 11.6 Å². The fraction of sp³-hybridized carbons (Fsp3) is 0.435. The summed E-state index contributed by atoms with van der Waals surface area (Å²) in [5.41, 5.74) is 11.1. The van der Waals surface area contributed by atoms with Gasteiger partial charge in [0.25, 0.3) is 0 Å². The predicted molar refractivity (Wildman–Crippen MR) is 115 cm³/mol. The van der Waals surface area contributed by atoms with E-state index < -0.39 is 0 Å². The third kappa shape index (κ3) is 4.95. The molecule has 1 saturated heterocycles. The molecule has 4 rings (SSSR count). The van der Waals surface area contributed by atoms with Crippen LogP contribution in [0.3, 0.4) is 0 Å². The molecule has 1 unspecified atom stereocenters. The number of nitrogens with one attached hydrogen (secondary N) is 1. The number of ether oxygens (including phenoxy) is 1. The van der Waals surface area contributed by atoms with E-state index >= 15 is 0 Å². The minimum absolute atomic E-state index is 0.0459. The molecular formula is C23H29FN4O. The van der Waals surface area contributed by atoms with Crippen molar-refractivity contribution in [3.8, 4) is 0 Å². The summed E-state index contributed by atoms with van der Waals surface area (Å²) in [5, 5.41) is 3.31. The van der Waals surface area contributed by atoms with E-state index in [0.29, 0.717) is 25.7 Å². The molecule has 29 heavy (non-hydrogen) atoms. The zero-order chi connectivity index (χ0) is 20.1. The number of benzene rings is 2. The Balaban J connectivity index is 1.50. The van der Waals surface area contributed by atoms with Gasteiger partial charge in [-0.05, 0) is 60.6 Å². The van der Waals surface area contributed by atoms with Crippen LogP contribution in [0.1, 0.15) is 35.6 Å². The van der Waals surface area contributed by atoms with Crippen molar-refractivity contribution in [2.75, 3.05) is 38.2 Å². The molecule has 3 N–H and O–H groups in total. The highest BCUT2D eigenvalue weighted by Crippen LogP contribution is 2.28. The molecule has 2 aliphatic rings. The molecule has 0 bridgehead atoms. The summed E-state index contributed by atoms with van der Waals surface area (Å²) in [6, 6.07) is 13.1. The number of guanidine groups is 1. The number of hydrogen-bond acceptors (Lipinski definition) is 3. The van der Waals surface area contributed by atoms with Gasteiger partial charge in [0, 0.05) is 18.8 Å². The minimum atomic E-state index is -0.229. The van der Waals surface area contributed by atoms with Crippen molar-refractivity contribution in [2.24, 2.45) is 10.7 Å². The zero-order valence-electron chi connectivity index (χ0n) is 16.7. The van der Waals surface area contributed by atoms with Crippen LogP contribution in [0.5, 0.6) is 0 Å². The number of aliphatic imine (C=N–C) groups is 1. The first-order valence-corrected chi connectivity index (χ1v) is 10.5. The SMILES string of the molecule is NC(=NCC(c1ccc(F)cc1)N1CCOCC1)Nc1cccc2c1CCCC2. The van der Waals surface area contributed by atoms with E-state index in [9.17, 15) is 4.39 Å².